The summed E-state index contributed by atoms with van der Waals surface area (Å²) in [5, 5.41) is 49.6. The van der Waals surface area contributed by atoms with E-state index in [2.05, 4.69) is 17.1 Å². The molecule has 40 heavy (non-hydrogen) atoms. The van der Waals surface area contributed by atoms with Crippen LogP contribution in [0.1, 0.15) is 65.7 Å². The second kappa shape index (κ2) is 8.62. The molecule has 4 aliphatic heterocycles. The number of carbonyl (C=O) groups is 1. The lowest BCUT2D eigenvalue weighted by Crippen LogP contribution is -2.66. The van der Waals surface area contributed by atoms with E-state index >= 15 is 0 Å². The molecule has 1 unspecified atom stereocenters. The number of aromatic hydroxyl groups is 3. The fraction of sp³-hybridized carbons (Fsp3) is 0.552. The summed E-state index contributed by atoms with van der Waals surface area (Å²) in [6, 6.07) is -0.194. The highest BCUT2D eigenvalue weighted by molar-refractivity contribution is 5.81. The lowest BCUT2D eigenvalue weighted by molar-refractivity contribution is -0.182. The molecule has 0 spiro atoms. The van der Waals surface area contributed by atoms with Crippen LogP contribution in [0.4, 0.5) is 0 Å². The van der Waals surface area contributed by atoms with Gasteiger partial charge in [-0.25, -0.2) is 0 Å². The van der Waals surface area contributed by atoms with Crippen molar-refractivity contribution in [1.82, 2.24) is 15.1 Å². The predicted octanol–water partition coefficient (Wildman–Crippen LogP) is 1.55. The van der Waals surface area contributed by atoms with Crippen molar-refractivity contribution in [3.8, 4) is 28.7 Å². The Bertz CT molecular complexity index is 1440. The second-order valence-corrected chi connectivity index (χ2v) is 12.0. The first-order valence-electron chi connectivity index (χ1n) is 13.6. The number of aliphatic hydroxyl groups is 1. The van der Waals surface area contributed by atoms with E-state index in [9.17, 15) is 25.2 Å². The minimum Gasteiger partial charge on any atom is -0.507 e. The Labute approximate surface area is 233 Å². The molecule has 2 saturated heterocycles. The number of nitrogens with one attached hydrogen (secondary N) is 1. The maximum absolute atomic E-state index is 12.6. The number of aryl methyl sites for hydroxylation is 1. The molecule has 2 aromatic carbocycles. The highest BCUT2D eigenvalue weighted by Crippen LogP contribution is 2.67. The van der Waals surface area contributed by atoms with Crippen LogP contribution in [0.5, 0.6) is 28.7 Å². The highest BCUT2D eigenvalue weighted by atomic mass is 16.5. The quantitative estimate of drug-likeness (QED) is 0.299. The molecule has 11 heteroatoms. The first-order chi connectivity index (χ1) is 18.8. The van der Waals surface area contributed by atoms with Crippen molar-refractivity contribution in [1.29, 1.82) is 0 Å². The molecule has 2 bridgehead atoms. The Kier molecular flexibility index (Phi) is 5.81. The number of benzene rings is 2. The van der Waals surface area contributed by atoms with Crippen molar-refractivity contribution >= 4 is 5.91 Å². The minimum atomic E-state index is -1.32. The molecule has 11 nitrogen and oxygen atoms in total. The van der Waals surface area contributed by atoms with Crippen LogP contribution in [-0.4, -0.2) is 81.3 Å². The largest absolute Gasteiger partial charge is 0.507 e. The van der Waals surface area contributed by atoms with Crippen LogP contribution in [0.3, 0.4) is 0 Å². The van der Waals surface area contributed by atoms with Gasteiger partial charge in [0.1, 0.15) is 11.5 Å². The second-order valence-electron chi connectivity index (χ2n) is 12.0. The van der Waals surface area contributed by atoms with Crippen LogP contribution in [0.15, 0.2) is 6.07 Å². The molecule has 7 N–H and O–H groups in total. The number of ether oxygens (including phenoxy) is 2. The fourth-order valence-corrected chi connectivity index (χ4v) is 8.16. The van der Waals surface area contributed by atoms with Crippen LogP contribution in [0.25, 0.3) is 0 Å². The van der Waals surface area contributed by atoms with Crippen molar-refractivity contribution in [2.45, 2.75) is 76.0 Å². The predicted molar refractivity (Wildman–Crippen MR) is 146 cm³/mol. The summed E-state index contributed by atoms with van der Waals surface area (Å²) in [6.45, 7) is 7.56. The molecule has 216 valence electrons. The van der Waals surface area contributed by atoms with Crippen LogP contribution in [-0.2, 0) is 16.8 Å². The summed E-state index contributed by atoms with van der Waals surface area (Å²) in [4.78, 5) is 16.8. The number of rotatable bonds is 5. The van der Waals surface area contributed by atoms with Crippen LogP contribution in [0.2, 0.25) is 0 Å². The zero-order chi connectivity index (χ0) is 29.0. The van der Waals surface area contributed by atoms with E-state index in [4.69, 9.17) is 15.2 Å². The molecule has 4 aliphatic rings. The van der Waals surface area contributed by atoms with E-state index in [1.807, 2.05) is 17.9 Å². The fourth-order valence-electron chi connectivity index (χ4n) is 8.16. The maximum atomic E-state index is 12.6. The molecule has 2 aromatic rings. The Morgan fingerprint density at radius 2 is 1.80 bits per heavy atom. The lowest BCUT2D eigenvalue weighted by Gasteiger charge is -2.56. The van der Waals surface area contributed by atoms with Crippen molar-refractivity contribution < 1.29 is 34.7 Å². The highest BCUT2D eigenvalue weighted by Gasteiger charge is 2.69. The lowest BCUT2D eigenvalue weighted by atomic mass is 9.75. The molecule has 2 fully saturated rings. The standard InChI is InChI=1S/C29H38N4O7/c1-12-7-16-20(24(36)25(12)39-5)21-17-8-15-19(23(35)26(40-6)13(2)22(15)34)18(9-31-27(37)14(3)30)33(17)29(38)10-28(16,4)32(21)11-29/h7,14,17-18,21,34-36,38H,8-11,30H2,1-6H3,(H,31,37)/t14-,17?,18-,21-,28+,29-/m0/s1. The number of hydrogen-bond donors (Lipinski definition) is 6. The van der Waals surface area contributed by atoms with Crippen molar-refractivity contribution in [3.63, 3.8) is 0 Å². The van der Waals surface area contributed by atoms with Crippen LogP contribution < -0.4 is 20.5 Å². The molecule has 0 saturated carbocycles. The van der Waals surface area contributed by atoms with Gasteiger partial charge in [-0.3, -0.25) is 14.6 Å². The SMILES string of the molecule is COc1c(C)cc2c(c1O)[C@@H]1C3Cc4c(O)c(C)c(OC)c(O)c4[C@H](CNC(=O)[C@H](C)N)N3[C@@]3(O)CN1[C@]2(C)C3. The summed E-state index contributed by atoms with van der Waals surface area (Å²) >= 11 is 0. The Hall–Kier alpha value is -3.25. The van der Waals surface area contributed by atoms with Crippen LogP contribution in [0, 0.1) is 13.8 Å². The van der Waals surface area contributed by atoms with Gasteiger partial charge in [-0.1, -0.05) is 0 Å². The molecule has 6 atom stereocenters. The maximum Gasteiger partial charge on any atom is 0.236 e. The van der Waals surface area contributed by atoms with Gasteiger partial charge in [-0.2, -0.15) is 0 Å². The summed E-state index contributed by atoms with van der Waals surface area (Å²) in [7, 11) is 2.95. The number of nitrogens with two attached hydrogens (primary N) is 1. The number of amides is 1. The first-order valence-corrected chi connectivity index (χ1v) is 13.6. The van der Waals surface area contributed by atoms with Gasteiger partial charge in [-0.05, 0) is 51.3 Å². The average Bonchev–Trinajstić information content (AvgIpc) is 3.27. The smallest absolute Gasteiger partial charge is 0.236 e. The van der Waals surface area contributed by atoms with E-state index < -0.39 is 29.4 Å². The zero-order valence-corrected chi connectivity index (χ0v) is 23.7. The van der Waals surface area contributed by atoms with Crippen molar-refractivity contribution in [2.24, 2.45) is 5.73 Å². The van der Waals surface area contributed by atoms with Gasteiger partial charge >= 0.3 is 0 Å². The number of piperazine rings is 1. The third-order valence-corrected chi connectivity index (χ3v) is 9.73. The summed E-state index contributed by atoms with van der Waals surface area (Å²) < 4.78 is 11.0. The van der Waals surface area contributed by atoms with Gasteiger partial charge in [0.25, 0.3) is 0 Å². The molecule has 4 heterocycles. The normalized spacial score (nSPS) is 30.9. The topological polar surface area (TPSA) is 161 Å². The minimum absolute atomic E-state index is 0.000537. The van der Waals surface area contributed by atoms with Gasteiger partial charge in [0.15, 0.2) is 23.0 Å². The van der Waals surface area contributed by atoms with E-state index in [1.54, 1.807) is 13.8 Å². The third-order valence-electron chi connectivity index (χ3n) is 9.73. The number of fused-ring (bicyclic) bond motifs is 8. The molecule has 1 amide bonds. The summed E-state index contributed by atoms with van der Waals surface area (Å²) in [6.07, 6.45) is 0.625. The van der Waals surface area contributed by atoms with Crippen molar-refractivity contribution in [2.75, 3.05) is 27.3 Å². The number of nitrogens with zero attached hydrogens (tertiary/aromatic N) is 2. The molecule has 0 radical (unpaired) electrons. The van der Waals surface area contributed by atoms with Gasteiger partial charge in [-0.15, -0.1) is 0 Å². The van der Waals surface area contributed by atoms with E-state index in [-0.39, 0.29) is 47.9 Å². The van der Waals surface area contributed by atoms with Crippen LogP contribution >= 0.6 is 0 Å². The van der Waals surface area contributed by atoms with E-state index in [0.29, 0.717) is 35.4 Å². The van der Waals surface area contributed by atoms with Gasteiger partial charge in [0, 0.05) is 53.3 Å². The number of methoxy groups -OCH3 is 2. The summed E-state index contributed by atoms with van der Waals surface area (Å²) in [5.41, 5.74) is 7.77. The average molecular weight is 555 g/mol. The first kappa shape index (κ1) is 26.9. The van der Waals surface area contributed by atoms with Gasteiger partial charge in [0.05, 0.1) is 32.3 Å². The third kappa shape index (κ3) is 3.23. The monoisotopic (exact) mass is 554 g/mol. The number of phenolic OH excluding ortho intramolecular Hbond substituents is 3. The van der Waals surface area contributed by atoms with E-state index in [1.165, 1.54) is 14.2 Å². The Balaban J connectivity index is 1.60. The number of hydrogen-bond acceptors (Lipinski definition) is 10. The molecule has 6 rings (SSSR count). The van der Waals surface area contributed by atoms with Gasteiger partial charge < -0.3 is 41.0 Å². The molecule has 0 aromatic heterocycles. The van der Waals surface area contributed by atoms with Gasteiger partial charge in [0.2, 0.25) is 5.91 Å². The van der Waals surface area contributed by atoms with E-state index in [0.717, 1.165) is 16.7 Å². The molecule has 0 aliphatic carbocycles. The molecular formula is C29H38N4O7. The Morgan fingerprint density at radius 3 is 2.42 bits per heavy atom. The molecular weight excluding hydrogens is 516 g/mol. The summed E-state index contributed by atoms with van der Waals surface area (Å²) in [5.74, 6) is 0.127. The number of phenols is 3. The van der Waals surface area contributed by atoms with Crippen molar-refractivity contribution in [3.05, 3.63) is 39.4 Å². The number of carbonyl (C=O) groups excluding carboxylic acids is 1. The Morgan fingerprint density at radius 1 is 1.15 bits per heavy atom. The zero-order valence-electron chi connectivity index (χ0n) is 23.7.